The molecule has 7 heteroatoms. The summed E-state index contributed by atoms with van der Waals surface area (Å²) in [6, 6.07) is 9.48. The van der Waals surface area contributed by atoms with Gasteiger partial charge in [0.25, 0.3) is 5.91 Å². The van der Waals surface area contributed by atoms with Gasteiger partial charge in [-0.15, -0.1) is 0 Å². The van der Waals surface area contributed by atoms with Crippen molar-refractivity contribution in [2.24, 2.45) is 0 Å². The maximum Gasteiger partial charge on any atom is 0.257 e. The van der Waals surface area contributed by atoms with E-state index in [0.717, 1.165) is 37.1 Å². The fourth-order valence-electron chi connectivity index (χ4n) is 3.51. The average Bonchev–Trinajstić information content (AvgIpc) is 3.26. The van der Waals surface area contributed by atoms with Crippen LogP contribution in [0, 0.1) is 0 Å². The lowest BCUT2D eigenvalue weighted by molar-refractivity contribution is 0.0709. The number of hydrogen-bond acceptors (Lipinski definition) is 6. The van der Waals surface area contributed by atoms with E-state index in [0.29, 0.717) is 29.7 Å². The molecule has 0 radical (unpaired) electrons. The first-order chi connectivity index (χ1) is 13.3. The Bertz CT molecular complexity index is 950. The highest BCUT2D eigenvalue weighted by Crippen LogP contribution is 2.38. The van der Waals surface area contributed by atoms with Gasteiger partial charge in [-0.3, -0.25) is 4.79 Å². The summed E-state index contributed by atoms with van der Waals surface area (Å²) in [5.41, 5.74) is 1.40. The van der Waals surface area contributed by atoms with E-state index < -0.39 is 0 Å². The Kier molecular flexibility index (Phi) is 3.92. The van der Waals surface area contributed by atoms with Crippen molar-refractivity contribution in [3.05, 3.63) is 60.0 Å². The Morgan fingerprint density at radius 1 is 1.07 bits per heavy atom. The molecule has 0 unspecified atom stereocenters. The normalized spacial score (nSPS) is 19.4. The first kappa shape index (κ1) is 16.1. The molecule has 2 aromatic heterocycles. The Morgan fingerprint density at radius 2 is 1.85 bits per heavy atom. The lowest BCUT2D eigenvalue weighted by atomic mass is 10.2. The van der Waals surface area contributed by atoms with Crippen LogP contribution in [0.1, 0.15) is 59.7 Å². The molecule has 7 nitrogen and oxygen atoms in total. The highest BCUT2D eigenvalue weighted by molar-refractivity contribution is 5.94. The second-order valence-electron chi connectivity index (χ2n) is 7.08. The molecule has 0 N–H and O–H groups in total. The number of aromatic nitrogens is 4. The number of rotatable bonds is 4. The fourth-order valence-corrected chi connectivity index (χ4v) is 3.51. The Balaban J connectivity index is 1.37. The second kappa shape index (κ2) is 6.57. The van der Waals surface area contributed by atoms with Crippen LogP contribution in [0.2, 0.25) is 0 Å². The summed E-state index contributed by atoms with van der Waals surface area (Å²) >= 11 is 0. The molecule has 1 atom stereocenters. The minimum atomic E-state index is -0.203. The predicted molar refractivity (Wildman–Crippen MR) is 96.8 cm³/mol. The molecule has 1 amide bonds. The molecule has 2 fully saturated rings. The van der Waals surface area contributed by atoms with Crippen molar-refractivity contribution in [3.8, 4) is 11.4 Å². The molecule has 2 aliphatic rings. The van der Waals surface area contributed by atoms with E-state index >= 15 is 0 Å². The number of carbonyl (C=O) groups excluding carboxylic acids is 1. The standard InChI is InChI=1S/C20H19N5O2/c26-20(15-11-21-17(22-12-15)14-8-9-14)25-10-4-7-16(25)19-23-18(24-27-19)13-5-2-1-3-6-13/h1-3,5-6,11-12,14,16H,4,7-10H2/t16-/m0/s1. The molecule has 1 aliphatic heterocycles. The van der Waals surface area contributed by atoms with Crippen molar-refractivity contribution in [1.82, 2.24) is 25.0 Å². The first-order valence-corrected chi connectivity index (χ1v) is 9.31. The summed E-state index contributed by atoms with van der Waals surface area (Å²) in [4.78, 5) is 28.0. The molecule has 136 valence electrons. The average molecular weight is 361 g/mol. The Labute approximate surface area is 156 Å². The van der Waals surface area contributed by atoms with Crippen LogP contribution in [0.25, 0.3) is 11.4 Å². The number of likely N-dealkylation sites (tertiary alicyclic amines) is 1. The summed E-state index contributed by atoms with van der Waals surface area (Å²) < 4.78 is 5.49. The zero-order valence-electron chi connectivity index (χ0n) is 14.8. The Hall–Kier alpha value is -3.09. The van der Waals surface area contributed by atoms with Crippen molar-refractivity contribution in [2.75, 3.05) is 6.54 Å². The lowest BCUT2D eigenvalue weighted by Gasteiger charge is -2.21. The van der Waals surface area contributed by atoms with E-state index in [1.807, 2.05) is 30.3 Å². The zero-order chi connectivity index (χ0) is 18.2. The maximum absolute atomic E-state index is 13.0. The van der Waals surface area contributed by atoms with E-state index in [4.69, 9.17) is 4.52 Å². The highest BCUT2D eigenvalue weighted by atomic mass is 16.5. The summed E-state index contributed by atoms with van der Waals surface area (Å²) in [7, 11) is 0. The molecular formula is C20H19N5O2. The summed E-state index contributed by atoms with van der Waals surface area (Å²) in [5, 5.41) is 4.09. The van der Waals surface area contributed by atoms with Crippen molar-refractivity contribution < 1.29 is 9.32 Å². The molecule has 0 bridgehead atoms. The van der Waals surface area contributed by atoms with Crippen LogP contribution in [0.15, 0.2) is 47.2 Å². The quantitative estimate of drug-likeness (QED) is 0.708. The summed E-state index contributed by atoms with van der Waals surface area (Å²) in [5.74, 6) is 2.26. The predicted octanol–water partition coefficient (Wildman–Crippen LogP) is 3.38. The van der Waals surface area contributed by atoms with Gasteiger partial charge in [0.15, 0.2) is 0 Å². The molecule has 5 rings (SSSR count). The van der Waals surface area contributed by atoms with E-state index in [1.54, 1.807) is 17.3 Å². The SMILES string of the molecule is O=C(c1cnc(C2CC2)nc1)N1CCC[C@H]1c1nc(-c2ccccc2)no1. The van der Waals surface area contributed by atoms with E-state index in [-0.39, 0.29) is 11.9 Å². The molecule has 3 aromatic rings. The van der Waals surface area contributed by atoms with E-state index in [1.165, 1.54) is 0 Å². The van der Waals surface area contributed by atoms with Gasteiger partial charge >= 0.3 is 0 Å². The molecule has 3 heterocycles. The fraction of sp³-hybridized carbons (Fsp3) is 0.350. The highest BCUT2D eigenvalue weighted by Gasteiger charge is 2.35. The minimum Gasteiger partial charge on any atom is -0.337 e. The van der Waals surface area contributed by atoms with Crippen molar-refractivity contribution in [2.45, 2.75) is 37.6 Å². The molecular weight excluding hydrogens is 342 g/mol. The van der Waals surface area contributed by atoms with Crippen molar-refractivity contribution in [1.29, 1.82) is 0 Å². The van der Waals surface area contributed by atoms with Gasteiger partial charge in [-0.2, -0.15) is 4.98 Å². The van der Waals surface area contributed by atoms with E-state index in [2.05, 4.69) is 20.1 Å². The second-order valence-corrected chi connectivity index (χ2v) is 7.08. The van der Waals surface area contributed by atoms with Gasteiger partial charge in [0.1, 0.15) is 11.9 Å². The molecule has 1 aliphatic carbocycles. The molecule has 1 aromatic carbocycles. The minimum absolute atomic E-state index is 0.0840. The Morgan fingerprint density at radius 3 is 2.59 bits per heavy atom. The van der Waals surface area contributed by atoms with Crippen LogP contribution in [0.4, 0.5) is 0 Å². The third-order valence-corrected chi connectivity index (χ3v) is 5.13. The third kappa shape index (κ3) is 3.09. The number of carbonyl (C=O) groups is 1. The van der Waals surface area contributed by atoms with Gasteiger partial charge in [-0.25, -0.2) is 9.97 Å². The van der Waals surface area contributed by atoms with Crippen LogP contribution < -0.4 is 0 Å². The van der Waals surface area contributed by atoms with E-state index in [9.17, 15) is 4.79 Å². The van der Waals surface area contributed by atoms with Crippen LogP contribution >= 0.6 is 0 Å². The number of amides is 1. The van der Waals surface area contributed by atoms with Gasteiger partial charge < -0.3 is 9.42 Å². The van der Waals surface area contributed by atoms with Gasteiger partial charge in [0.05, 0.1) is 5.56 Å². The monoisotopic (exact) mass is 361 g/mol. The first-order valence-electron chi connectivity index (χ1n) is 9.31. The zero-order valence-corrected chi connectivity index (χ0v) is 14.8. The van der Waals surface area contributed by atoms with Crippen LogP contribution in [-0.4, -0.2) is 37.5 Å². The maximum atomic E-state index is 13.0. The van der Waals surface area contributed by atoms with Crippen LogP contribution in [0.5, 0.6) is 0 Å². The topological polar surface area (TPSA) is 85.0 Å². The van der Waals surface area contributed by atoms with Crippen molar-refractivity contribution >= 4 is 5.91 Å². The summed E-state index contributed by atoms with van der Waals surface area (Å²) in [6.07, 6.45) is 7.28. The van der Waals surface area contributed by atoms with Crippen molar-refractivity contribution in [3.63, 3.8) is 0 Å². The number of hydrogen-bond donors (Lipinski definition) is 0. The largest absolute Gasteiger partial charge is 0.337 e. The smallest absolute Gasteiger partial charge is 0.257 e. The number of benzene rings is 1. The van der Waals surface area contributed by atoms with Gasteiger partial charge in [0.2, 0.25) is 11.7 Å². The van der Waals surface area contributed by atoms with Gasteiger partial charge in [-0.05, 0) is 25.7 Å². The van der Waals surface area contributed by atoms with Crippen LogP contribution in [-0.2, 0) is 0 Å². The lowest BCUT2D eigenvalue weighted by Crippen LogP contribution is -2.31. The third-order valence-electron chi connectivity index (χ3n) is 5.13. The number of nitrogens with zero attached hydrogens (tertiary/aromatic N) is 5. The van der Waals surface area contributed by atoms with Gasteiger partial charge in [-0.1, -0.05) is 35.5 Å². The molecule has 1 saturated carbocycles. The van der Waals surface area contributed by atoms with Crippen LogP contribution in [0.3, 0.4) is 0 Å². The summed E-state index contributed by atoms with van der Waals surface area (Å²) in [6.45, 7) is 0.664. The molecule has 1 saturated heterocycles. The molecule has 27 heavy (non-hydrogen) atoms. The van der Waals surface area contributed by atoms with Gasteiger partial charge in [0, 0.05) is 30.4 Å². The molecule has 0 spiro atoms.